The van der Waals surface area contributed by atoms with Crippen LogP contribution in [-0.2, 0) is 29.4 Å². The van der Waals surface area contributed by atoms with E-state index in [0.717, 1.165) is 43.4 Å². The Hall–Kier alpha value is -1.85. The second-order valence-corrected chi connectivity index (χ2v) is 8.80. The molecule has 1 saturated carbocycles. The van der Waals surface area contributed by atoms with E-state index < -0.39 is 10.0 Å². The van der Waals surface area contributed by atoms with Crippen LogP contribution in [-0.4, -0.2) is 25.9 Å². The SMILES string of the molecule is COc1ccc(CN(C2CC2)S(=O)(=O)c2ccc3c(c2)CCC3)cc1. The van der Waals surface area contributed by atoms with Crippen molar-refractivity contribution >= 4 is 10.0 Å². The summed E-state index contributed by atoms with van der Waals surface area (Å²) in [6.07, 6.45) is 5.06. The summed E-state index contributed by atoms with van der Waals surface area (Å²) in [7, 11) is -1.84. The van der Waals surface area contributed by atoms with Crippen LogP contribution in [0.15, 0.2) is 47.4 Å². The molecule has 2 aromatic carbocycles. The fourth-order valence-corrected chi connectivity index (χ4v) is 5.25. The van der Waals surface area contributed by atoms with E-state index in [0.29, 0.717) is 11.4 Å². The van der Waals surface area contributed by atoms with Crippen molar-refractivity contribution in [2.75, 3.05) is 7.11 Å². The highest BCUT2D eigenvalue weighted by Gasteiger charge is 2.38. The molecule has 132 valence electrons. The van der Waals surface area contributed by atoms with Gasteiger partial charge >= 0.3 is 0 Å². The molecule has 4 rings (SSSR count). The van der Waals surface area contributed by atoms with E-state index in [-0.39, 0.29) is 6.04 Å². The molecule has 0 bridgehead atoms. The fourth-order valence-electron chi connectivity index (χ4n) is 3.53. The van der Waals surface area contributed by atoms with E-state index in [4.69, 9.17) is 4.74 Å². The Balaban J connectivity index is 1.63. The molecule has 0 heterocycles. The molecule has 0 atom stereocenters. The van der Waals surface area contributed by atoms with E-state index in [1.54, 1.807) is 17.5 Å². The Morgan fingerprint density at radius 3 is 2.44 bits per heavy atom. The van der Waals surface area contributed by atoms with Crippen LogP contribution in [0.4, 0.5) is 0 Å². The van der Waals surface area contributed by atoms with Crippen LogP contribution in [0.25, 0.3) is 0 Å². The Labute approximate surface area is 149 Å². The lowest BCUT2D eigenvalue weighted by molar-refractivity contribution is 0.397. The highest BCUT2D eigenvalue weighted by molar-refractivity contribution is 7.89. The van der Waals surface area contributed by atoms with Crippen LogP contribution in [0.5, 0.6) is 5.75 Å². The zero-order valence-electron chi connectivity index (χ0n) is 14.4. The number of sulfonamides is 1. The van der Waals surface area contributed by atoms with Gasteiger partial charge in [0.25, 0.3) is 0 Å². The molecule has 0 N–H and O–H groups in total. The summed E-state index contributed by atoms with van der Waals surface area (Å²) in [5, 5.41) is 0. The predicted octanol–water partition coefficient (Wildman–Crippen LogP) is 3.54. The van der Waals surface area contributed by atoms with Gasteiger partial charge in [-0.1, -0.05) is 18.2 Å². The van der Waals surface area contributed by atoms with Crippen molar-refractivity contribution < 1.29 is 13.2 Å². The zero-order valence-corrected chi connectivity index (χ0v) is 15.3. The summed E-state index contributed by atoms with van der Waals surface area (Å²) in [5.74, 6) is 0.781. The van der Waals surface area contributed by atoms with Gasteiger partial charge in [0.15, 0.2) is 0 Å². The first-order chi connectivity index (χ1) is 12.1. The second kappa shape index (κ2) is 6.46. The van der Waals surface area contributed by atoms with Crippen molar-refractivity contribution in [2.24, 2.45) is 0 Å². The van der Waals surface area contributed by atoms with Crippen LogP contribution in [0.1, 0.15) is 36.0 Å². The smallest absolute Gasteiger partial charge is 0.243 e. The minimum atomic E-state index is -3.47. The molecule has 4 nitrogen and oxygen atoms in total. The first kappa shape index (κ1) is 16.6. The van der Waals surface area contributed by atoms with Crippen LogP contribution in [0, 0.1) is 0 Å². The Morgan fingerprint density at radius 2 is 1.76 bits per heavy atom. The van der Waals surface area contributed by atoms with Gasteiger partial charge in [0.1, 0.15) is 5.75 Å². The van der Waals surface area contributed by atoms with Gasteiger partial charge in [-0.25, -0.2) is 8.42 Å². The van der Waals surface area contributed by atoms with Crippen LogP contribution in [0.2, 0.25) is 0 Å². The number of ether oxygens (including phenoxy) is 1. The molecular weight excluding hydrogens is 334 g/mol. The monoisotopic (exact) mass is 357 g/mol. The maximum Gasteiger partial charge on any atom is 0.243 e. The molecule has 1 fully saturated rings. The predicted molar refractivity (Wildman–Crippen MR) is 97.2 cm³/mol. The summed E-state index contributed by atoms with van der Waals surface area (Å²) in [6.45, 7) is 0.411. The van der Waals surface area contributed by atoms with Gasteiger partial charge in [0.2, 0.25) is 10.0 Å². The second-order valence-electron chi connectivity index (χ2n) is 6.91. The quantitative estimate of drug-likeness (QED) is 0.794. The third-order valence-corrected chi connectivity index (χ3v) is 7.02. The summed E-state index contributed by atoms with van der Waals surface area (Å²) >= 11 is 0. The molecule has 0 unspecified atom stereocenters. The van der Waals surface area contributed by atoms with Crippen molar-refractivity contribution in [1.29, 1.82) is 0 Å². The highest BCUT2D eigenvalue weighted by Crippen LogP contribution is 2.35. The molecule has 25 heavy (non-hydrogen) atoms. The molecular formula is C20H23NO3S. The summed E-state index contributed by atoms with van der Waals surface area (Å²) in [4.78, 5) is 0.438. The van der Waals surface area contributed by atoms with Gasteiger partial charge in [0, 0.05) is 12.6 Å². The first-order valence-corrected chi connectivity index (χ1v) is 10.3. The Bertz CT molecular complexity index is 870. The molecule has 2 aliphatic carbocycles. The summed E-state index contributed by atoms with van der Waals surface area (Å²) in [6, 6.07) is 13.4. The van der Waals surface area contributed by atoms with Gasteiger partial charge in [-0.05, 0) is 73.1 Å². The van der Waals surface area contributed by atoms with Crippen molar-refractivity contribution in [1.82, 2.24) is 4.31 Å². The molecule has 0 spiro atoms. The van der Waals surface area contributed by atoms with Gasteiger partial charge < -0.3 is 4.74 Å². The molecule has 2 aromatic rings. The number of aryl methyl sites for hydroxylation is 2. The van der Waals surface area contributed by atoms with Gasteiger partial charge in [-0.15, -0.1) is 0 Å². The van der Waals surface area contributed by atoms with Crippen LogP contribution >= 0.6 is 0 Å². The zero-order chi connectivity index (χ0) is 17.4. The maximum absolute atomic E-state index is 13.2. The van der Waals surface area contributed by atoms with E-state index in [1.807, 2.05) is 36.4 Å². The number of methoxy groups -OCH3 is 1. The number of fused-ring (bicyclic) bond motifs is 1. The van der Waals surface area contributed by atoms with Crippen LogP contribution in [0.3, 0.4) is 0 Å². The Morgan fingerprint density at radius 1 is 1.04 bits per heavy atom. The normalized spacial score (nSPS) is 16.9. The van der Waals surface area contributed by atoms with Gasteiger partial charge in [-0.3, -0.25) is 0 Å². The van der Waals surface area contributed by atoms with E-state index in [9.17, 15) is 8.42 Å². The number of benzene rings is 2. The minimum absolute atomic E-state index is 0.125. The van der Waals surface area contributed by atoms with Crippen molar-refractivity contribution in [3.8, 4) is 5.75 Å². The lowest BCUT2D eigenvalue weighted by atomic mass is 10.1. The summed E-state index contributed by atoms with van der Waals surface area (Å²) in [5.41, 5.74) is 3.48. The number of hydrogen-bond acceptors (Lipinski definition) is 3. The summed E-state index contributed by atoms with van der Waals surface area (Å²) < 4.78 is 33.3. The molecule has 0 radical (unpaired) electrons. The molecule has 0 aromatic heterocycles. The molecule has 0 saturated heterocycles. The van der Waals surface area contributed by atoms with Crippen molar-refractivity contribution in [3.05, 3.63) is 59.2 Å². The fraction of sp³-hybridized carbons (Fsp3) is 0.400. The minimum Gasteiger partial charge on any atom is -0.497 e. The largest absolute Gasteiger partial charge is 0.497 e. The van der Waals surface area contributed by atoms with Gasteiger partial charge in [0.05, 0.1) is 12.0 Å². The number of rotatable bonds is 6. The Kier molecular flexibility index (Phi) is 4.29. The first-order valence-electron chi connectivity index (χ1n) is 8.84. The van der Waals surface area contributed by atoms with E-state index in [2.05, 4.69) is 0 Å². The average Bonchev–Trinajstić information content (AvgIpc) is 3.35. The molecule has 2 aliphatic rings. The highest BCUT2D eigenvalue weighted by atomic mass is 32.2. The van der Waals surface area contributed by atoms with Gasteiger partial charge in [-0.2, -0.15) is 4.31 Å². The average molecular weight is 357 g/mol. The third kappa shape index (κ3) is 3.31. The lowest BCUT2D eigenvalue weighted by Crippen LogP contribution is -2.32. The van der Waals surface area contributed by atoms with E-state index >= 15 is 0 Å². The van der Waals surface area contributed by atoms with Crippen molar-refractivity contribution in [2.45, 2.75) is 49.6 Å². The molecule has 5 heteroatoms. The number of hydrogen-bond donors (Lipinski definition) is 0. The van der Waals surface area contributed by atoms with Crippen LogP contribution < -0.4 is 4.74 Å². The molecule has 0 aliphatic heterocycles. The molecule has 0 amide bonds. The number of nitrogens with zero attached hydrogens (tertiary/aromatic N) is 1. The third-order valence-electron chi connectivity index (χ3n) is 5.13. The van der Waals surface area contributed by atoms with E-state index in [1.165, 1.54) is 11.1 Å². The van der Waals surface area contributed by atoms with Crippen molar-refractivity contribution in [3.63, 3.8) is 0 Å². The topological polar surface area (TPSA) is 46.6 Å². The standard InChI is InChI=1S/C20H23NO3S/c1-24-19-10-5-15(6-11-19)14-21(18-8-9-18)25(22,23)20-12-7-16-3-2-4-17(16)13-20/h5-7,10-13,18H,2-4,8-9,14H2,1H3. The lowest BCUT2D eigenvalue weighted by Gasteiger charge is -2.22. The maximum atomic E-state index is 13.2.